The Kier molecular flexibility index (Phi) is 4.38. The minimum Gasteiger partial charge on any atom is -0.497 e. The zero-order chi connectivity index (χ0) is 19.2. The van der Waals surface area contributed by atoms with Gasteiger partial charge in [0.1, 0.15) is 17.4 Å². The molecule has 1 spiro atoms. The molecule has 0 bridgehead atoms. The molecule has 2 heterocycles. The summed E-state index contributed by atoms with van der Waals surface area (Å²) in [5.41, 5.74) is 1.76. The number of likely N-dealkylation sites (tertiary alicyclic amines) is 1. The molecule has 2 aromatic rings. The van der Waals surface area contributed by atoms with E-state index in [9.17, 15) is 13.6 Å². The zero-order valence-electron chi connectivity index (χ0n) is 15.5. The second-order valence-electron chi connectivity index (χ2n) is 7.52. The lowest BCUT2D eigenvalue weighted by molar-refractivity contribution is 0.0978. The van der Waals surface area contributed by atoms with Crippen molar-refractivity contribution >= 4 is 11.6 Å². The van der Waals surface area contributed by atoms with Crippen LogP contribution in [0.15, 0.2) is 36.4 Å². The first-order chi connectivity index (χ1) is 12.9. The van der Waals surface area contributed by atoms with Gasteiger partial charge in [-0.1, -0.05) is 0 Å². The number of carbonyl (C=O) groups excluding carboxylic acids is 1. The maximum atomic E-state index is 13.6. The molecule has 2 aliphatic heterocycles. The highest BCUT2D eigenvalue weighted by Gasteiger charge is 2.46. The molecule has 6 heteroatoms. The van der Waals surface area contributed by atoms with E-state index in [0.29, 0.717) is 6.54 Å². The van der Waals surface area contributed by atoms with E-state index in [4.69, 9.17) is 4.74 Å². The van der Waals surface area contributed by atoms with Crippen molar-refractivity contribution in [3.8, 4) is 5.75 Å². The molecule has 1 amide bonds. The number of hydrogen-bond acceptors (Lipinski definition) is 3. The topological polar surface area (TPSA) is 32.8 Å². The maximum absolute atomic E-state index is 13.6. The van der Waals surface area contributed by atoms with Crippen molar-refractivity contribution in [1.82, 2.24) is 4.90 Å². The van der Waals surface area contributed by atoms with E-state index in [2.05, 4.69) is 11.9 Å². The van der Waals surface area contributed by atoms with Crippen molar-refractivity contribution in [2.75, 3.05) is 38.7 Å². The largest absolute Gasteiger partial charge is 0.497 e. The summed E-state index contributed by atoms with van der Waals surface area (Å²) in [6, 6.07) is 8.65. The number of anilines is 1. The molecule has 1 saturated heterocycles. The Labute approximate surface area is 157 Å². The minimum atomic E-state index is -0.749. The Morgan fingerprint density at radius 3 is 2.37 bits per heavy atom. The van der Waals surface area contributed by atoms with Crippen LogP contribution in [0.25, 0.3) is 0 Å². The van der Waals surface area contributed by atoms with Crippen LogP contribution in [0.5, 0.6) is 5.75 Å². The van der Waals surface area contributed by atoms with E-state index in [0.717, 1.165) is 61.1 Å². The van der Waals surface area contributed by atoms with E-state index < -0.39 is 11.6 Å². The van der Waals surface area contributed by atoms with Gasteiger partial charge in [-0.25, -0.2) is 8.78 Å². The van der Waals surface area contributed by atoms with Crippen LogP contribution in [-0.4, -0.2) is 44.6 Å². The third-order valence-electron chi connectivity index (χ3n) is 5.83. The molecule has 142 valence electrons. The number of benzene rings is 2. The molecule has 0 unspecified atom stereocenters. The van der Waals surface area contributed by atoms with Crippen molar-refractivity contribution in [3.63, 3.8) is 0 Å². The summed E-state index contributed by atoms with van der Waals surface area (Å²) >= 11 is 0. The lowest BCUT2D eigenvalue weighted by atomic mass is 9.74. The van der Waals surface area contributed by atoms with Crippen LogP contribution in [0.3, 0.4) is 0 Å². The number of ether oxygens (including phenoxy) is 1. The van der Waals surface area contributed by atoms with Crippen molar-refractivity contribution in [2.45, 2.75) is 18.3 Å². The van der Waals surface area contributed by atoms with E-state index in [1.807, 2.05) is 18.2 Å². The van der Waals surface area contributed by atoms with Gasteiger partial charge in [-0.15, -0.1) is 0 Å². The van der Waals surface area contributed by atoms with Crippen LogP contribution in [0.2, 0.25) is 0 Å². The average Bonchev–Trinajstić information content (AvgIpc) is 2.96. The van der Waals surface area contributed by atoms with Crippen LogP contribution >= 0.6 is 0 Å². The molecule has 0 saturated carbocycles. The molecule has 2 aromatic carbocycles. The summed E-state index contributed by atoms with van der Waals surface area (Å²) in [5, 5.41) is 0. The minimum absolute atomic E-state index is 0.0271. The molecular weight excluding hydrogens is 350 g/mol. The first kappa shape index (κ1) is 17.9. The molecule has 2 aliphatic rings. The molecule has 27 heavy (non-hydrogen) atoms. The molecule has 0 aromatic heterocycles. The number of halogens is 2. The lowest BCUT2D eigenvalue weighted by Gasteiger charge is -2.38. The zero-order valence-corrected chi connectivity index (χ0v) is 15.5. The van der Waals surface area contributed by atoms with Gasteiger partial charge in [0.25, 0.3) is 5.91 Å². The number of rotatable bonds is 2. The van der Waals surface area contributed by atoms with E-state index in [-0.39, 0.29) is 16.9 Å². The van der Waals surface area contributed by atoms with E-state index in [1.165, 1.54) is 0 Å². The summed E-state index contributed by atoms with van der Waals surface area (Å²) in [6.07, 6.45) is 1.84. The maximum Gasteiger partial charge on any atom is 0.258 e. The summed E-state index contributed by atoms with van der Waals surface area (Å²) in [5.74, 6) is -1.13. The van der Waals surface area contributed by atoms with Crippen LogP contribution in [0.4, 0.5) is 14.5 Å². The second kappa shape index (κ2) is 6.60. The number of carbonyl (C=O) groups is 1. The fourth-order valence-corrected chi connectivity index (χ4v) is 4.26. The predicted molar refractivity (Wildman–Crippen MR) is 99.4 cm³/mol. The fourth-order valence-electron chi connectivity index (χ4n) is 4.26. The number of hydrogen-bond donors (Lipinski definition) is 0. The number of piperidine rings is 1. The van der Waals surface area contributed by atoms with Gasteiger partial charge < -0.3 is 14.5 Å². The molecule has 4 rings (SSSR count). The number of amides is 1. The standard InChI is InChI=1S/C21H22F2N2O2/c1-24-7-5-21(6-8-24)13-25(19-4-3-17(27-2)12-18(19)21)20(26)14-9-15(22)11-16(23)10-14/h3-4,9-12H,5-8,13H2,1-2H3. The number of methoxy groups -OCH3 is 1. The molecule has 0 radical (unpaired) electrons. The highest BCUT2D eigenvalue weighted by Crippen LogP contribution is 2.48. The van der Waals surface area contributed by atoms with E-state index in [1.54, 1.807) is 12.0 Å². The quantitative estimate of drug-likeness (QED) is 0.808. The van der Waals surface area contributed by atoms with Gasteiger partial charge in [-0.2, -0.15) is 0 Å². The Bertz CT molecular complexity index is 871. The van der Waals surface area contributed by atoms with Crippen molar-refractivity contribution in [3.05, 3.63) is 59.2 Å². The second-order valence-corrected chi connectivity index (χ2v) is 7.52. The van der Waals surface area contributed by atoms with Crippen LogP contribution in [-0.2, 0) is 5.41 Å². The molecule has 0 N–H and O–H groups in total. The monoisotopic (exact) mass is 372 g/mol. The summed E-state index contributed by atoms with van der Waals surface area (Å²) in [7, 11) is 3.71. The Morgan fingerprint density at radius 2 is 1.74 bits per heavy atom. The first-order valence-electron chi connectivity index (χ1n) is 9.07. The van der Waals surface area contributed by atoms with Crippen LogP contribution in [0, 0.1) is 11.6 Å². The van der Waals surface area contributed by atoms with Gasteiger partial charge in [0.05, 0.1) is 7.11 Å². The summed E-state index contributed by atoms with van der Waals surface area (Å²) in [6.45, 7) is 2.39. The fraction of sp³-hybridized carbons (Fsp3) is 0.381. The van der Waals surface area contributed by atoms with Crippen molar-refractivity contribution < 1.29 is 18.3 Å². The van der Waals surface area contributed by atoms with Gasteiger partial charge in [0, 0.05) is 29.3 Å². The van der Waals surface area contributed by atoms with Crippen molar-refractivity contribution in [1.29, 1.82) is 0 Å². The Balaban J connectivity index is 1.76. The van der Waals surface area contributed by atoms with Gasteiger partial charge in [-0.3, -0.25) is 4.79 Å². The lowest BCUT2D eigenvalue weighted by Crippen LogP contribution is -2.44. The third kappa shape index (κ3) is 3.08. The molecule has 4 nitrogen and oxygen atoms in total. The van der Waals surface area contributed by atoms with Crippen molar-refractivity contribution in [2.24, 2.45) is 0 Å². The normalized spacial score (nSPS) is 18.6. The number of fused-ring (bicyclic) bond motifs is 2. The number of nitrogens with zero attached hydrogens (tertiary/aromatic N) is 2. The Morgan fingerprint density at radius 1 is 1.07 bits per heavy atom. The van der Waals surface area contributed by atoms with Gasteiger partial charge in [0.2, 0.25) is 0 Å². The van der Waals surface area contributed by atoms with Crippen LogP contribution in [0.1, 0.15) is 28.8 Å². The SMILES string of the molecule is COc1ccc2c(c1)C1(CCN(C)CC1)CN2C(=O)c1cc(F)cc(F)c1. The molecule has 1 fully saturated rings. The Hall–Kier alpha value is -2.47. The van der Waals surface area contributed by atoms with Crippen LogP contribution < -0.4 is 9.64 Å². The third-order valence-corrected chi connectivity index (χ3v) is 5.83. The first-order valence-corrected chi connectivity index (χ1v) is 9.07. The smallest absolute Gasteiger partial charge is 0.258 e. The molecule has 0 aliphatic carbocycles. The molecule has 0 atom stereocenters. The van der Waals surface area contributed by atoms with Gasteiger partial charge in [0.15, 0.2) is 0 Å². The van der Waals surface area contributed by atoms with Gasteiger partial charge >= 0.3 is 0 Å². The predicted octanol–water partition coefficient (Wildman–Crippen LogP) is 3.60. The van der Waals surface area contributed by atoms with Gasteiger partial charge in [-0.05, 0) is 68.9 Å². The van der Waals surface area contributed by atoms with E-state index >= 15 is 0 Å². The summed E-state index contributed by atoms with van der Waals surface area (Å²) < 4.78 is 32.6. The highest BCUT2D eigenvalue weighted by atomic mass is 19.1. The highest BCUT2D eigenvalue weighted by molar-refractivity contribution is 6.07. The summed E-state index contributed by atoms with van der Waals surface area (Å²) in [4.78, 5) is 17.0. The molecular formula is C21H22F2N2O2. The average molecular weight is 372 g/mol.